The highest BCUT2D eigenvalue weighted by Gasteiger charge is 2.17. The van der Waals surface area contributed by atoms with Crippen molar-refractivity contribution < 1.29 is 19.8 Å². The Hall–Kier alpha value is -2.66. The van der Waals surface area contributed by atoms with Crippen molar-refractivity contribution in [3.63, 3.8) is 0 Å². The molecule has 5 nitrogen and oxygen atoms in total. The molecule has 0 aliphatic carbocycles. The lowest BCUT2D eigenvalue weighted by atomic mass is 10.0. The van der Waals surface area contributed by atoms with E-state index in [-0.39, 0.29) is 24.4 Å². The maximum atomic E-state index is 12.0. The van der Waals surface area contributed by atoms with E-state index in [9.17, 15) is 19.8 Å². The summed E-state index contributed by atoms with van der Waals surface area (Å²) in [5.41, 5.74) is 1.43. The molecule has 5 heteroatoms. The van der Waals surface area contributed by atoms with E-state index in [2.05, 4.69) is 5.32 Å². The summed E-state index contributed by atoms with van der Waals surface area (Å²) in [6, 6.07) is 14.6. The Bertz CT molecular complexity index is 652. The number of carboxylic acid groups (broad SMARTS) is 1. The zero-order valence-corrected chi connectivity index (χ0v) is 12.6. The molecule has 0 unspecified atom stereocenters. The van der Waals surface area contributed by atoms with Gasteiger partial charge in [-0.15, -0.1) is 0 Å². The first-order valence-corrected chi connectivity index (χ1v) is 7.38. The minimum Gasteiger partial charge on any atom is -0.508 e. The molecule has 0 aliphatic heterocycles. The van der Waals surface area contributed by atoms with Gasteiger partial charge in [-0.25, -0.2) is 0 Å². The number of carbonyl (C=O) groups is 2. The highest BCUT2D eigenvalue weighted by Crippen LogP contribution is 2.11. The number of aliphatic carboxylic acids is 1. The van der Waals surface area contributed by atoms with E-state index in [1.807, 2.05) is 6.07 Å². The van der Waals surface area contributed by atoms with Crippen molar-refractivity contribution >= 4 is 11.8 Å². The highest BCUT2D eigenvalue weighted by molar-refractivity contribution is 5.96. The quantitative estimate of drug-likeness (QED) is 0.651. The topological polar surface area (TPSA) is 86.6 Å². The summed E-state index contributed by atoms with van der Waals surface area (Å²) >= 11 is 0. The van der Waals surface area contributed by atoms with Gasteiger partial charge in [-0.1, -0.05) is 42.5 Å². The Kier molecular flexibility index (Phi) is 5.88. The molecule has 0 spiro atoms. The molecule has 2 aromatic carbocycles. The number of ketones is 1. The van der Waals surface area contributed by atoms with Crippen molar-refractivity contribution in [3.8, 4) is 5.75 Å². The molecule has 0 radical (unpaired) electrons. The van der Waals surface area contributed by atoms with Gasteiger partial charge in [-0.05, 0) is 24.1 Å². The summed E-state index contributed by atoms with van der Waals surface area (Å²) in [4.78, 5) is 23.3. The normalized spacial score (nSPS) is 11.8. The maximum Gasteiger partial charge on any atom is 0.321 e. The molecule has 1 atom stereocenters. The summed E-state index contributed by atoms with van der Waals surface area (Å²) in [6.07, 6.45) is 0.526. The number of rotatable bonds is 8. The number of Topliss-reactive ketones (excluding diaryl/α,β-unsaturated/α-hetero) is 1. The Morgan fingerprint density at radius 2 is 1.65 bits per heavy atom. The van der Waals surface area contributed by atoms with Gasteiger partial charge in [-0.3, -0.25) is 9.59 Å². The lowest BCUT2D eigenvalue weighted by Crippen LogP contribution is -2.39. The van der Waals surface area contributed by atoms with Gasteiger partial charge in [-0.2, -0.15) is 0 Å². The molecule has 23 heavy (non-hydrogen) atoms. The molecule has 0 aliphatic rings. The van der Waals surface area contributed by atoms with Crippen molar-refractivity contribution in [1.29, 1.82) is 0 Å². The first-order chi connectivity index (χ1) is 11.1. The number of carboxylic acids is 1. The standard InChI is InChI=1S/C18H19NO4/c20-15-8-6-13(7-9-15)12-16(18(22)23)19-11-10-17(21)14-4-2-1-3-5-14/h1-9,16,19-20H,10-12H2,(H,22,23)/t16-/m0/s1. The van der Waals surface area contributed by atoms with Crippen LogP contribution in [-0.2, 0) is 11.2 Å². The van der Waals surface area contributed by atoms with Gasteiger partial charge in [0.05, 0.1) is 0 Å². The molecule has 2 rings (SSSR count). The van der Waals surface area contributed by atoms with Crippen LogP contribution in [0.15, 0.2) is 54.6 Å². The SMILES string of the molecule is O=C(CCN[C@@H](Cc1ccc(O)cc1)C(=O)O)c1ccccc1. The molecule has 3 N–H and O–H groups in total. The number of phenols is 1. The Balaban J connectivity index is 1.86. The first-order valence-electron chi connectivity index (χ1n) is 7.38. The van der Waals surface area contributed by atoms with Gasteiger partial charge in [0.25, 0.3) is 0 Å². The molecule has 0 saturated carbocycles. The molecule has 2 aromatic rings. The van der Waals surface area contributed by atoms with E-state index in [1.165, 1.54) is 12.1 Å². The van der Waals surface area contributed by atoms with Crippen molar-refractivity contribution in [3.05, 3.63) is 65.7 Å². The summed E-state index contributed by atoms with van der Waals surface area (Å²) in [5.74, 6) is -0.848. The van der Waals surface area contributed by atoms with E-state index in [4.69, 9.17) is 0 Å². The number of hydrogen-bond acceptors (Lipinski definition) is 4. The van der Waals surface area contributed by atoms with Crippen molar-refractivity contribution in [2.45, 2.75) is 18.9 Å². The molecule has 120 valence electrons. The number of nitrogens with one attached hydrogen (secondary N) is 1. The van der Waals surface area contributed by atoms with Crippen LogP contribution in [-0.4, -0.2) is 34.6 Å². The second-order valence-corrected chi connectivity index (χ2v) is 5.25. The van der Waals surface area contributed by atoms with Gasteiger partial charge in [0.2, 0.25) is 0 Å². The predicted octanol–water partition coefficient (Wildman–Crippen LogP) is 2.25. The van der Waals surface area contributed by atoms with E-state index >= 15 is 0 Å². The maximum absolute atomic E-state index is 12.0. The summed E-state index contributed by atoms with van der Waals surface area (Å²) in [7, 11) is 0. The Morgan fingerprint density at radius 1 is 1.00 bits per heavy atom. The van der Waals surface area contributed by atoms with Crippen molar-refractivity contribution in [2.24, 2.45) is 0 Å². The van der Waals surface area contributed by atoms with Crippen LogP contribution in [0, 0.1) is 0 Å². The van der Waals surface area contributed by atoms with Gasteiger partial charge >= 0.3 is 5.97 Å². The number of carbonyl (C=O) groups excluding carboxylic acids is 1. The van der Waals surface area contributed by atoms with Crippen LogP contribution in [0.25, 0.3) is 0 Å². The summed E-state index contributed by atoms with van der Waals surface area (Å²) in [6.45, 7) is 0.294. The van der Waals surface area contributed by atoms with Crippen LogP contribution in [0.3, 0.4) is 0 Å². The van der Waals surface area contributed by atoms with Crippen LogP contribution in [0.2, 0.25) is 0 Å². The molecule has 0 aromatic heterocycles. The third-order valence-electron chi connectivity index (χ3n) is 3.51. The van der Waals surface area contributed by atoms with Crippen LogP contribution >= 0.6 is 0 Å². The number of hydrogen-bond donors (Lipinski definition) is 3. The fraction of sp³-hybridized carbons (Fsp3) is 0.222. The van der Waals surface area contributed by atoms with Gasteiger partial charge < -0.3 is 15.5 Å². The molecular weight excluding hydrogens is 294 g/mol. The minimum atomic E-state index is -0.967. The Morgan fingerprint density at radius 3 is 2.26 bits per heavy atom. The lowest BCUT2D eigenvalue weighted by Gasteiger charge is -2.14. The minimum absolute atomic E-state index is 0.0214. The predicted molar refractivity (Wildman–Crippen MR) is 86.6 cm³/mol. The van der Waals surface area contributed by atoms with Crippen molar-refractivity contribution in [2.75, 3.05) is 6.54 Å². The van der Waals surface area contributed by atoms with Crippen LogP contribution in [0.5, 0.6) is 5.75 Å². The molecule has 0 fully saturated rings. The number of phenolic OH excluding ortho intramolecular Hbond substituents is 1. The Labute approximate surface area is 134 Å². The molecular formula is C18H19NO4. The second-order valence-electron chi connectivity index (χ2n) is 5.25. The van der Waals surface area contributed by atoms with Gasteiger partial charge in [0.1, 0.15) is 11.8 Å². The van der Waals surface area contributed by atoms with E-state index in [0.29, 0.717) is 12.1 Å². The second kappa shape index (κ2) is 8.10. The van der Waals surface area contributed by atoms with Crippen LogP contribution in [0.1, 0.15) is 22.3 Å². The molecule has 0 heterocycles. The monoisotopic (exact) mass is 313 g/mol. The first kappa shape index (κ1) is 16.7. The highest BCUT2D eigenvalue weighted by atomic mass is 16.4. The average molecular weight is 313 g/mol. The summed E-state index contributed by atoms with van der Waals surface area (Å²) in [5, 5.41) is 21.4. The lowest BCUT2D eigenvalue weighted by molar-refractivity contribution is -0.139. The largest absolute Gasteiger partial charge is 0.508 e. The van der Waals surface area contributed by atoms with E-state index in [1.54, 1.807) is 36.4 Å². The van der Waals surface area contributed by atoms with E-state index in [0.717, 1.165) is 5.56 Å². The van der Waals surface area contributed by atoms with E-state index < -0.39 is 12.0 Å². The van der Waals surface area contributed by atoms with Crippen LogP contribution in [0.4, 0.5) is 0 Å². The zero-order chi connectivity index (χ0) is 16.7. The zero-order valence-electron chi connectivity index (χ0n) is 12.6. The number of aromatic hydroxyl groups is 1. The van der Waals surface area contributed by atoms with Gasteiger partial charge in [0, 0.05) is 18.5 Å². The average Bonchev–Trinajstić information content (AvgIpc) is 2.56. The van der Waals surface area contributed by atoms with Crippen molar-refractivity contribution in [1.82, 2.24) is 5.32 Å². The van der Waals surface area contributed by atoms with Gasteiger partial charge in [0.15, 0.2) is 5.78 Å². The van der Waals surface area contributed by atoms with Crippen LogP contribution < -0.4 is 5.32 Å². The third kappa shape index (κ3) is 5.23. The number of benzene rings is 2. The third-order valence-corrected chi connectivity index (χ3v) is 3.51. The fourth-order valence-corrected chi connectivity index (χ4v) is 2.24. The molecule has 0 amide bonds. The smallest absolute Gasteiger partial charge is 0.321 e. The molecule has 0 bridgehead atoms. The molecule has 0 saturated heterocycles. The summed E-state index contributed by atoms with van der Waals surface area (Å²) < 4.78 is 0. The fourth-order valence-electron chi connectivity index (χ4n) is 2.24.